The maximum atomic E-state index is 12.2. The van der Waals surface area contributed by atoms with Gasteiger partial charge in [-0.3, -0.25) is 0 Å². The van der Waals surface area contributed by atoms with Crippen LogP contribution in [-0.4, -0.2) is 6.54 Å². The van der Waals surface area contributed by atoms with Gasteiger partial charge in [0.15, 0.2) is 0 Å². The largest absolute Gasteiger partial charge is 0.330 e. The predicted octanol–water partition coefficient (Wildman–Crippen LogP) is 2.61. The third kappa shape index (κ3) is 2.81. The summed E-state index contributed by atoms with van der Waals surface area (Å²) in [5.74, 6) is 0.471. The second-order valence-corrected chi connectivity index (χ2v) is 3.35. The van der Waals surface area contributed by atoms with Crippen molar-refractivity contribution in [3.8, 4) is 0 Å². The highest BCUT2D eigenvalue weighted by Crippen LogP contribution is 2.18. The fourth-order valence-corrected chi connectivity index (χ4v) is 1.35. The first-order chi connectivity index (χ1) is 6.27. The highest BCUT2D eigenvalue weighted by Gasteiger charge is 2.03. The van der Waals surface area contributed by atoms with Crippen molar-refractivity contribution in [2.45, 2.75) is 25.9 Å². The summed E-state index contributed by atoms with van der Waals surface area (Å²) in [6.07, 6.45) is 0.981. The maximum Gasteiger partial charge on any atom is 0.115 e. The topological polar surface area (TPSA) is 26.0 Å². The molecule has 2 N–H and O–H groups in total. The number of benzene rings is 1. The average molecular weight is 181 g/mol. The van der Waals surface area contributed by atoms with Crippen LogP contribution in [0.5, 0.6) is 0 Å². The van der Waals surface area contributed by atoms with E-state index in [4.69, 9.17) is 5.73 Å². The molecule has 0 aliphatic carbocycles. The molecule has 13 heavy (non-hydrogen) atoms. The Bertz CT molecular complexity index is 243. The Morgan fingerprint density at radius 1 is 1.31 bits per heavy atom. The van der Waals surface area contributed by atoms with Crippen molar-refractivity contribution < 1.29 is 4.39 Å². The van der Waals surface area contributed by atoms with Crippen molar-refractivity contribution in [1.82, 2.24) is 0 Å². The third-order valence-electron chi connectivity index (χ3n) is 2.30. The molecule has 1 rings (SSSR count). The number of nitrogens with two attached hydrogens (primary N) is 1. The van der Waals surface area contributed by atoms with Crippen LogP contribution in [0.25, 0.3) is 0 Å². The molecule has 0 aliphatic rings. The summed E-state index contributed by atoms with van der Waals surface area (Å²) >= 11 is 0. The smallest absolute Gasteiger partial charge is 0.115 e. The Labute approximate surface area is 78.8 Å². The van der Waals surface area contributed by atoms with Gasteiger partial charge in [-0.2, -0.15) is 0 Å². The van der Waals surface area contributed by atoms with Crippen LogP contribution in [-0.2, 0) is 6.67 Å². The molecule has 0 heterocycles. The Balaban J connectivity index is 2.67. The van der Waals surface area contributed by atoms with E-state index in [1.54, 1.807) is 0 Å². The molecule has 0 radical (unpaired) electrons. The second kappa shape index (κ2) is 4.97. The molecule has 0 bridgehead atoms. The maximum absolute atomic E-state index is 12.2. The van der Waals surface area contributed by atoms with E-state index >= 15 is 0 Å². The van der Waals surface area contributed by atoms with Gasteiger partial charge in [0.05, 0.1) is 0 Å². The van der Waals surface area contributed by atoms with Gasteiger partial charge in [-0.25, -0.2) is 4.39 Å². The summed E-state index contributed by atoms with van der Waals surface area (Å²) in [5.41, 5.74) is 7.44. The molecular weight excluding hydrogens is 165 g/mol. The number of alkyl halides is 1. The minimum absolute atomic E-state index is 0.383. The van der Waals surface area contributed by atoms with Crippen molar-refractivity contribution in [1.29, 1.82) is 0 Å². The Morgan fingerprint density at radius 3 is 2.38 bits per heavy atom. The molecule has 2 heteroatoms. The molecule has 0 fully saturated rings. The van der Waals surface area contributed by atoms with Crippen LogP contribution in [0.4, 0.5) is 4.39 Å². The van der Waals surface area contributed by atoms with Gasteiger partial charge >= 0.3 is 0 Å². The fourth-order valence-electron chi connectivity index (χ4n) is 1.35. The summed E-state index contributed by atoms with van der Waals surface area (Å²) in [6, 6.07) is 7.63. The van der Waals surface area contributed by atoms with Crippen LogP contribution >= 0.6 is 0 Å². The lowest BCUT2D eigenvalue weighted by Gasteiger charge is -2.10. The van der Waals surface area contributed by atoms with Gasteiger partial charge in [-0.15, -0.1) is 0 Å². The molecule has 1 nitrogen and oxygen atoms in total. The van der Waals surface area contributed by atoms with E-state index in [9.17, 15) is 4.39 Å². The lowest BCUT2D eigenvalue weighted by Crippen LogP contribution is -2.04. The minimum atomic E-state index is -0.383. The van der Waals surface area contributed by atoms with E-state index < -0.39 is 0 Å². The number of hydrogen-bond donors (Lipinski definition) is 1. The van der Waals surface area contributed by atoms with Crippen LogP contribution in [0.3, 0.4) is 0 Å². The van der Waals surface area contributed by atoms with Crippen molar-refractivity contribution in [2.24, 2.45) is 5.73 Å². The summed E-state index contributed by atoms with van der Waals surface area (Å²) in [6.45, 7) is 2.45. The molecule has 72 valence electrons. The van der Waals surface area contributed by atoms with Gasteiger partial charge in [0.25, 0.3) is 0 Å². The lowest BCUT2D eigenvalue weighted by molar-refractivity contribution is 0.485. The second-order valence-electron chi connectivity index (χ2n) is 3.35. The van der Waals surface area contributed by atoms with E-state index in [1.807, 2.05) is 24.3 Å². The van der Waals surface area contributed by atoms with Crippen LogP contribution in [0.2, 0.25) is 0 Å². The first kappa shape index (κ1) is 10.2. The Hall–Kier alpha value is -0.890. The normalized spacial score (nSPS) is 12.8. The number of hydrogen-bond acceptors (Lipinski definition) is 1. The third-order valence-corrected chi connectivity index (χ3v) is 2.30. The molecule has 1 aromatic rings. The first-order valence-electron chi connectivity index (χ1n) is 4.62. The Morgan fingerprint density at radius 2 is 1.92 bits per heavy atom. The summed E-state index contributed by atoms with van der Waals surface area (Å²) in [4.78, 5) is 0. The van der Waals surface area contributed by atoms with Crippen LogP contribution < -0.4 is 5.73 Å². The zero-order chi connectivity index (χ0) is 9.68. The van der Waals surface area contributed by atoms with Gasteiger partial charge in [-0.05, 0) is 30.0 Å². The number of rotatable bonds is 4. The van der Waals surface area contributed by atoms with E-state index in [0.717, 1.165) is 12.0 Å². The average Bonchev–Trinajstić information content (AvgIpc) is 2.18. The molecule has 0 spiro atoms. The molecule has 1 atom stereocenters. The van der Waals surface area contributed by atoms with Gasteiger partial charge in [-0.1, -0.05) is 31.2 Å². The molecule has 0 aromatic heterocycles. The monoisotopic (exact) mass is 181 g/mol. The van der Waals surface area contributed by atoms with E-state index in [1.165, 1.54) is 5.56 Å². The molecule has 0 saturated carbocycles. The van der Waals surface area contributed by atoms with Crippen molar-refractivity contribution in [3.05, 3.63) is 35.4 Å². The highest BCUT2D eigenvalue weighted by atomic mass is 19.1. The van der Waals surface area contributed by atoms with Gasteiger partial charge < -0.3 is 5.73 Å². The molecule has 1 unspecified atom stereocenters. The first-order valence-corrected chi connectivity index (χ1v) is 4.62. The quantitative estimate of drug-likeness (QED) is 0.759. The molecule has 1 aromatic carbocycles. The van der Waals surface area contributed by atoms with Crippen molar-refractivity contribution >= 4 is 0 Å². The highest BCUT2D eigenvalue weighted by molar-refractivity contribution is 5.24. The van der Waals surface area contributed by atoms with Crippen molar-refractivity contribution in [2.75, 3.05) is 6.54 Å². The van der Waals surface area contributed by atoms with E-state index in [2.05, 4.69) is 6.92 Å². The molecule has 0 amide bonds. The molecular formula is C11H16FN. The van der Waals surface area contributed by atoms with E-state index in [-0.39, 0.29) is 6.67 Å². The minimum Gasteiger partial charge on any atom is -0.330 e. The zero-order valence-electron chi connectivity index (χ0n) is 7.96. The summed E-state index contributed by atoms with van der Waals surface area (Å²) < 4.78 is 12.2. The molecule has 0 saturated heterocycles. The standard InChI is InChI=1S/C11H16FN/c1-9(6-7-13)11-4-2-10(8-12)3-5-11/h2-5,9H,6-8,13H2,1H3. The van der Waals surface area contributed by atoms with Gasteiger partial charge in [0.1, 0.15) is 6.67 Å². The number of halogens is 1. The lowest BCUT2D eigenvalue weighted by atomic mass is 9.97. The van der Waals surface area contributed by atoms with Crippen LogP contribution in [0.15, 0.2) is 24.3 Å². The van der Waals surface area contributed by atoms with Crippen molar-refractivity contribution in [3.63, 3.8) is 0 Å². The fraction of sp³-hybridized carbons (Fsp3) is 0.455. The van der Waals surface area contributed by atoms with Crippen LogP contribution in [0.1, 0.15) is 30.4 Å². The van der Waals surface area contributed by atoms with Gasteiger partial charge in [0.2, 0.25) is 0 Å². The zero-order valence-corrected chi connectivity index (χ0v) is 7.96. The predicted molar refractivity (Wildman–Crippen MR) is 53.3 cm³/mol. The SMILES string of the molecule is CC(CCN)c1ccc(CF)cc1. The van der Waals surface area contributed by atoms with Crippen LogP contribution in [0, 0.1) is 0 Å². The Kier molecular flexibility index (Phi) is 3.90. The summed E-state index contributed by atoms with van der Waals surface area (Å²) in [5, 5.41) is 0. The molecule has 0 aliphatic heterocycles. The van der Waals surface area contributed by atoms with E-state index in [0.29, 0.717) is 12.5 Å². The summed E-state index contributed by atoms with van der Waals surface area (Å²) in [7, 11) is 0. The van der Waals surface area contributed by atoms with Gasteiger partial charge in [0, 0.05) is 0 Å².